The standard InChI is InChI=1S/C10H12OTe/c1-11-8-5-9-12-10-6-3-2-4-7-10/h2-7,9H,8H2,1H3/b9-5+/i9D. The predicted molar refractivity (Wildman–Crippen MR) is 52.8 cm³/mol. The zero-order valence-corrected chi connectivity index (χ0v) is 9.32. The predicted octanol–water partition coefficient (Wildman–Crippen LogP) is 1.18. The van der Waals surface area contributed by atoms with Crippen LogP contribution in [0.1, 0.15) is 1.37 Å². The molecule has 0 spiro atoms. The molecule has 0 aliphatic carbocycles. The number of methoxy groups -OCH3 is 1. The Morgan fingerprint density at radius 2 is 2.25 bits per heavy atom. The van der Waals surface area contributed by atoms with E-state index in [4.69, 9.17) is 6.11 Å². The molecule has 0 fully saturated rings. The summed E-state index contributed by atoms with van der Waals surface area (Å²) >= 11 is -0.480. The third-order valence-electron chi connectivity index (χ3n) is 1.25. The number of benzene rings is 1. The Balaban J connectivity index is 2.50. The Hall–Kier alpha value is -0.290. The van der Waals surface area contributed by atoms with Crippen molar-refractivity contribution >= 4 is 24.5 Å². The topological polar surface area (TPSA) is 9.23 Å². The summed E-state index contributed by atoms with van der Waals surface area (Å²) in [7, 11) is 1.65. The summed E-state index contributed by atoms with van der Waals surface area (Å²) in [5.74, 6) is 0. The molecule has 0 heterocycles. The number of hydrogen-bond donors (Lipinski definition) is 0. The molecule has 0 amide bonds. The fourth-order valence-corrected chi connectivity index (χ4v) is 2.37. The van der Waals surface area contributed by atoms with Crippen LogP contribution in [0.3, 0.4) is 0 Å². The Morgan fingerprint density at radius 3 is 2.92 bits per heavy atom. The van der Waals surface area contributed by atoms with E-state index in [0.717, 1.165) is 4.10 Å². The molecule has 0 saturated heterocycles. The normalized spacial score (nSPS) is 12.8. The van der Waals surface area contributed by atoms with Crippen LogP contribution in [0.2, 0.25) is 0 Å². The van der Waals surface area contributed by atoms with Crippen molar-refractivity contribution in [3.05, 3.63) is 40.5 Å². The van der Waals surface area contributed by atoms with E-state index < -0.39 is 20.9 Å². The van der Waals surface area contributed by atoms with Crippen LogP contribution in [0.15, 0.2) is 40.5 Å². The van der Waals surface area contributed by atoms with Crippen LogP contribution >= 0.6 is 0 Å². The van der Waals surface area contributed by atoms with Crippen LogP contribution in [0.5, 0.6) is 0 Å². The fraction of sp³-hybridized carbons (Fsp3) is 0.200. The summed E-state index contributed by atoms with van der Waals surface area (Å²) in [6, 6.07) is 10.2. The molecule has 1 nitrogen and oxygen atoms in total. The second-order valence-corrected chi connectivity index (χ2v) is 4.79. The van der Waals surface area contributed by atoms with Gasteiger partial charge in [-0.1, -0.05) is 0 Å². The molecule has 0 saturated carbocycles. The maximum atomic E-state index is 7.65. The van der Waals surface area contributed by atoms with E-state index in [2.05, 4.69) is 12.1 Å². The minimum absolute atomic E-state index is 0.480. The fourth-order valence-electron chi connectivity index (χ4n) is 0.716. The molecular weight excluding hydrogens is 264 g/mol. The second-order valence-electron chi connectivity index (χ2n) is 2.19. The molecule has 64 valence electrons. The Morgan fingerprint density at radius 1 is 1.50 bits per heavy atom. The van der Waals surface area contributed by atoms with Gasteiger partial charge in [0.25, 0.3) is 0 Å². The maximum absolute atomic E-state index is 7.65. The van der Waals surface area contributed by atoms with E-state index in [1.54, 1.807) is 7.11 Å². The van der Waals surface area contributed by atoms with Crippen molar-refractivity contribution in [2.45, 2.75) is 0 Å². The second kappa shape index (κ2) is 6.25. The Bertz CT molecular complexity index is 272. The van der Waals surface area contributed by atoms with Gasteiger partial charge in [-0.25, -0.2) is 0 Å². The summed E-state index contributed by atoms with van der Waals surface area (Å²) in [6.45, 7) is 0.552. The van der Waals surface area contributed by atoms with Gasteiger partial charge in [-0.2, -0.15) is 0 Å². The van der Waals surface area contributed by atoms with E-state index in [9.17, 15) is 0 Å². The molecule has 0 unspecified atom stereocenters. The zero-order valence-electron chi connectivity index (χ0n) is 7.99. The van der Waals surface area contributed by atoms with Gasteiger partial charge in [0.2, 0.25) is 0 Å². The van der Waals surface area contributed by atoms with Gasteiger partial charge in [-0.3, -0.25) is 0 Å². The third-order valence-corrected chi connectivity index (χ3v) is 3.51. The summed E-state index contributed by atoms with van der Waals surface area (Å²) in [6.07, 6.45) is 1.84. The van der Waals surface area contributed by atoms with Crippen LogP contribution in [-0.4, -0.2) is 34.6 Å². The van der Waals surface area contributed by atoms with Gasteiger partial charge in [0.05, 0.1) is 0 Å². The van der Waals surface area contributed by atoms with Gasteiger partial charge >= 0.3 is 84.9 Å². The van der Waals surface area contributed by atoms with Crippen molar-refractivity contribution < 1.29 is 6.11 Å². The summed E-state index contributed by atoms with van der Waals surface area (Å²) in [4.78, 5) is 0. The molecule has 0 aliphatic heterocycles. The third kappa shape index (κ3) is 3.92. The molecule has 0 radical (unpaired) electrons. The molecule has 1 aromatic rings. The monoisotopic (exact) mass is 279 g/mol. The van der Waals surface area contributed by atoms with Gasteiger partial charge in [0, 0.05) is 0 Å². The molecule has 0 aliphatic rings. The SMILES string of the molecule is [2H]/C(=C\COC)[Te]c1ccccc1. The van der Waals surface area contributed by atoms with Gasteiger partial charge in [-0.05, 0) is 0 Å². The summed E-state index contributed by atoms with van der Waals surface area (Å²) in [5, 5.41) is 0. The van der Waals surface area contributed by atoms with Crippen LogP contribution in [-0.2, 0) is 4.74 Å². The molecule has 0 aromatic heterocycles. The molecule has 12 heavy (non-hydrogen) atoms. The average molecular weight is 277 g/mol. The first-order valence-corrected chi connectivity index (χ1v) is 6.04. The summed E-state index contributed by atoms with van der Waals surface area (Å²) < 4.78 is 14.6. The van der Waals surface area contributed by atoms with E-state index in [-0.39, 0.29) is 0 Å². The number of hydrogen-bond acceptors (Lipinski definition) is 1. The molecule has 1 aromatic carbocycles. The number of ether oxygens (including phenoxy) is 1. The van der Waals surface area contributed by atoms with E-state index >= 15 is 0 Å². The first-order chi connectivity index (χ1) is 6.33. The Kier molecular flexibility index (Phi) is 4.33. The minimum atomic E-state index is -0.480. The van der Waals surface area contributed by atoms with Gasteiger partial charge in [0.15, 0.2) is 0 Å². The zero-order chi connectivity index (χ0) is 9.52. The van der Waals surface area contributed by atoms with E-state index in [1.165, 1.54) is 3.61 Å². The van der Waals surface area contributed by atoms with Crippen LogP contribution in [0, 0.1) is 0 Å². The van der Waals surface area contributed by atoms with Crippen molar-refractivity contribution in [3.63, 3.8) is 0 Å². The van der Waals surface area contributed by atoms with Crippen molar-refractivity contribution in [1.82, 2.24) is 0 Å². The van der Waals surface area contributed by atoms with Gasteiger partial charge < -0.3 is 0 Å². The van der Waals surface area contributed by atoms with Crippen LogP contribution in [0.4, 0.5) is 0 Å². The summed E-state index contributed by atoms with van der Waals surface area (Å²) in [5.41, 5.74) is 0. The van der Waals surface area contributed by atoms with Crippen molar-refractivity contribution in [2.75, 3.05) is 13.7 Å². The molecule has 0 bridgehead atoms. The van der Waals surface area contributed by atoms with E-state index in [1.807, 2.05) is 24.3 Å². The first-order valence-electron chi connectivity index (χ1n) is 4.21. The quantitative estimate of drug-likeness (QED) is 0.751. The van der Waals surface area contributed by atoms with Crippen molar-refractivity contribution in [3.8, 4) is 0 Å². The van der Waals surface area contributed by atoms with Gasteiger partial charge in [-0.15, -0.1) is 0 Å². The molecule has 0 N–H and O–H groups in total. The van der Waals surface area contributed by atoms with Crippen molar-refractivity contribution in [1.29, 1.82) is 0 Å². The van der Waals surface area contributed by atoms with E-state index in [0.29, 0.717) is 6.61 Å². The van der Waals surface area contributed by atoms with Crippen LogP contribution < -0.4 is 3.61 Å². The average Bonchev–Trinajstić information content (AvgIpc) is 2.16. The Labute approximate surface area is 84.9 Å². The molecule has 1 rings (SSSR count). The first kappa shape index (κ1) is 8.31. The number of rotatable bonds is 4. The molecule has 2 heteroatoms. The van der Waals surface area contributed by atoms with Gasteiger partial charge in [0.1, 0.15) is 0 Å². The molecular formula is C10H12OTe. The van der Waals surface area contributed by atoms with Crippen LogP contribution in [0.25, 0.3) is 0 Å². The van der Waals surface area contributed by atoms with Crippen molar-refractivity contribution in [2.24, 2.45) is 0 Å². The molecule has 0 atom stereocenters.